The summed E-state index contributed by atoms with van der Waals surface area (Å²) in [7, 11) is 0. The van der Waals surface area contributed by atoms with Crippen molar-refractivity contribution in [2.24, 2.45) is 47.3 Å². The molecule has 7 heteroatoms. The average molecular weight is 541 g/mol. The molecule has 13 unspecified atom stereocenters. The minimum absolute atomic E-state index is 0.0186. The highest BCUT2D eigenvalue weighted by Crippen LogP contribution is 2.40. The monoisotopic (exact) mass is 540 g/mol. The number of hydrogen-bond donors (Lipinski definition) is 4. The van der Waals surface area contributed by atoms with Crippen LogP contribution in [0.3, 0.4) is 0 Å². The summed E-state index contributed by atoms with van der Waals surface area (Å²) in [6.07, 6.45) is 8.45. The van der Waals surface area contributed by atoms with Gasteiger partial charge in [-0.3, -0.25) is 0 Å². The standard InChI is InChI=1S/C31H56O7/c1-6-20-10-13-23(29(34)24(20)7-2)17-37-31-25(8-3)30(35)26(27(9-4)38-31)18-36-15-14-21-11-12-22(16-32)28(33)19(21)5/h10-11,19-35H,6-9,12-18H2,1-5H3/q-2. The maximum absolute atomic E-state index is 11.4. The summed E-state index contributed by atoms with van der Waals surface area (Å²) in [5, 5.41) is 42.3. The molecule has 0 aromatic rings. The highest BCUT2D eigenvalue weighted by atomic mass is 16.7. The number of ether oxygens (including phenoxy) is 3. The van der Waals surface area contributed by atoms with Crippen molar-refractivity contribution >= 4 is 0 Å². The van der Waals surface area contributed by atoms with Crippen LogP contribution in [0.25, 0.3) is 0 Å². The molecule has 0 aromatic carbocycles. The predicted octanol–water partition coefficient (Wildman–Crippen LogP) is 4.02. The van der Waals surface area contributed by atoms with Crippen LogP contribution in [0.1, 0.15) is 79.6 Å². The van der Waals surface area contributed by atoms with Gasteiger partial charge in [-0.05, 0) is 36.5 Å². The van der Waals surface area contributed by atoms with E-state index in [0.29, 0.717) is 25.7 Å². The molecular formula is C31H56O7-2. The fraction of sp³-hybridized carbons (Fsp3) is 0.935. The Labute approximate surface area is 231 Å². The third kappa shape index (κ3) is 7.51. The zero-order chi connectivity index (χ0) is 27.8. The van der Waals surface area contributed by atoms with E-state index in [2.05, 4.69) is 40.5 Å². The molecule has 0 bridgehead atoms. The largest absolute Gasteiger partial charge is 0.396 e. The fourth-order valence-electron chi connectivity index (χ4n) is 7.33. The summed E-state index contributed by atoms with van der Waals surface area (Å²) in [6, 6.07) is 0. The van der Waals surface area contributed by atoms with E-state index in [1.165, 1.54) is 0 Å². The van der Waals surface area contributed by atoms with Gasteiger partial charge in [0.05, 0.1) is 37.6 Å². The van der Waals surface area contributed by atoms with E-state index in [-0.39, 0.29) is 60.2 Å². The third-order valence-electron chi connectivity index (χ3n) is 10.1. The van der Waals surface area contributed by atoms with Crippen molar-refractivity contribution in [3.05, 3.63) is 12.8 Å². The van der Waals surface area contributed by atoms with Gasteiger partial charge in [0.2, 0.25) is 0 Å². The summed E-state index contributed by atoms with van der Waals surface area (Å²) in [4.78, 5) is 0. The molecule has 3 rings (SSSR count). The number of aliphatic hydroxyl groups is 4. The zero-order valence-corrected chi connectivity index (χ0v) is 24.5. The van der Waals surface area contributed by atoms with Crippen LogP contribution in [-0.4, -0.2) is 77.6 Å². The van der Waals surface area contributed by atoms with Gasteiger partial charge in [-0.25, -0.2) is 0 Å². The number of hydrogen-bond acceptors (Lipinski definition) is 7. The van der Waals surface area contributed by atoms with Crippen LogP contribution in [0.2, 0.25) is 0 Å². The van der Waals surface area contributed by atoms with Crippen molar-refractivity contribution in [1.82, 2.24) is 0 Å². The first-order valence-electron chi connectivity index (χ1n) is 15.5. The Morgan fingerprint density at radius 2 is 1.45 bits per heavy atom. The minimum Gasteiger partial charge on any atom is -0.396 e. The third-order valence-corrected chi connectivity index (χ3v) is 10.1. The lowest BCUT2D eigenvalue weighted by Crippen LogP contribution is -2.53. The van der Waals surface area contributed by atoms with E-state index < -0.39 is 18.5 Å². The van der Waals surface area contributed by atoms with Gasteiger partial charge in [-0.1, -0.05) is 53.9 Å². The molecule has 0 aromatic heterocycles. The Kier molecular flexibility index (Phi) is 13.3. The topological polar surface area (TPSA) is 109 Å². The van der Waals surface area contributed by atoms with Crippen molar-refractivity contribution in [2.75, 3.05) is 26.4 Å². The minimum atomic E-state index is -0.577. The highest BCUT2D eigenvalue weighted by Gasteiger charge is 2.44. The smallest absolute Gasteiger partial charge is 0.163 e. The second kappa shape index (κ2) is 15.6. The first-order chi connectivity index (χ1) is 18.3. The van der Waals surface area contributed by atoms with E-state index in [4.69, 9.17) is 14.2 Å². The molecule has 0 amide bonds. The quantitative estimate of drug-likeness (QED) is 0.206. The van der Waals surface area contributed by atoms with Gasteiger partial charge in [0.25, 0.3) is 0 Å². The molecule has 4 N–H and O–H groups in total. The second-order valence-corrected chi connectivity index (χ2v) is 12.2. The van der Waals surface area contributed by atoms with Gasteiger partial charge in [0, 0.05) is 25.0 Å². The molecule has 7 nitrogen and oxygen atoms in total. The normalized spacial score (nSPS) is 44.3. The summed E-state index contributed by atoms with van der Waals surface area (Å²) < 4.78 is 18.8. The van der Waals surface area contributed by atoms with Gasteiger partial charge in [-0.2, -0.15) is 24.7 Å². The van der Waals surface area contributed by atoms with E-state index >= 15 is 0 Å². The Morgan fingerprint density at radius 3 is 2.08 bits per heavy atom. The Balaban J connectivity index is 1.49. The molecule has 224 valence electrons. The Bertz CT molecular complexity index is 662. The van der Waals surface area contributed by atoms with E-state index in [1.807, 2.05) is 6.92 Å². The molecule has 2 aliphatic carbocycles. The van der Waals surface area contributed by atoms with Crippen molar-refractivity contribution in [3.63, 3.8) is 0 Å². The fourth-order valence-corrected chi connectivity index (χ4v) is 7.33. The Morgan fingerprint density at radius 1 is 0.763 bits per heavy atom. The summed E-state index contributed by atoms with van der Waals surface area (Å²) >= 11 is 0. The number of rotatable bonds is 13. The molecule has 2 saturated carbocycles. The Hall–Kier alpha value is -0.280. The SMILES string of the molecule is CCC1[CH-]CC(COC2OC(CC)C(COCCC3[CH-]CC(CO)C(O)C3C)C(O)C2CC)C(O)C1CC. The van der Waals surface area contributed by atoms with E-state index in [1.54, 1.807) is 0 Å². The molecular weight excluding hydrogens is 484 g/mol. The van der Waals surface area contributed by atoms with Crippen molar-refractivity contribution < 1.29 is 34.6 Å². The van der Waals surface area contributed by atoms with Crippen LogP contribution >= 0.6 is 0 Å². The lowest BCUT2D eigenvalue weighted by Gasteiger charge is -2.48. The van der Waals surface area contributed by atoms with Gasteiger partial charge in [0.15, 0.2) is 6.29 Å². The molecule has 3 fully saturated rings. The lowest BCUT2D eigenvalue weighted by atomic mass is 9.70. The van der Waals surface area contributed by atoms with Crippen LogP contribution in [0.15, 0.2) is 0 Å². The predicted molar refractivity (Wildman–Crippen MR) is 148 cm³/mol. The van der Waals surface area contributed by atoms with E-state index in [9.17, 15) is 20.4 Å². The van der Waals surface area contributed by atoms with Crippen molar-refractivity contribution in [1.29, 1.82) is 0 Å². The first kappa shape index (κ1) is 32.2. The van der Waals surface area contributed by atoms with Crippen LogP contribution in [0.4, 0.5) is 0 Å². The van der Waals surface area contributed by atoms with Crippen LogP contribution in [0.5, 0.6) is 0 Å². The van der Waals surface area contributed by atoms with Gasteiger partial charge >= 0.3 is 0 Å². The van der Waals surface area contributed by atoms with Crippen LogP contribution in [-0.2, 0) is 14.2 Å². The summed E-state index contributed by atoms with van der Waals surface area (Å²) in [5.74, 6) is 0.839. The molecule has 1 aliphatic heterocycles. The molecule has 1 saturated heterocycles. The average Bonchev–Trinajstić information content (AvgIpc) is 2.92. The van der Waals surface area contributed by atoms with Crippen molar-refractivity contribution in [2.45, 2.75) is 110 Å². The first-order valence-corrected chi connectivity index (χ1v) is 15.5. The number of aliphatic hydroxyl groups excluding tert-OH is 4. The molecule has 3 aliphatic rings. The van der Waals surface area contributed by atoms with Crippen molar-refractivity contribution in [3.8, 4) is 0 Å². The van der Waals surface area contributed by atoms with Gasteiger partial charge in [0.1, 0.15) is 0 Å². The molecule has 38 heavy (non-hydrogen) atoms. The van der Waals surface area contributed by atoms with E-state index in [0.717, 1.165) is 44.9 Å². The van der Waals surface area contributed by atoms with Gasteiger partial charge < -0.3 is 47.5 Å². The van der Waals surface area contributed by atoms with Gasteiger partial charge in [-0.15, -0.1) is 0 Å². The molecule has 0 spiro atoms. The summed E-state index contributed by atoms with van der Waals surface area (Å²) in [6.45, 7) is 12.0. The summed E-state index contributed by atoms with van der Waals surface area (Å²) in [5.41, 5.74) is 0. The maximum atomic E-state index is 11.4. The van der Waals surface area contributed by atoms with Crippen LogP contribution in [0, 0.1) is 60.2 Å². The zero-order valence-electron chi connectivity index (χ0n) is 24.5. The maximum Gasteiger partial charge on any atom is 0.163 e. The molecule has 1 heterocycles. The highest BCUT2D eigenvalue weighted by molar-refractivity contribution is 4.96. The molecule has 13 atom stereocenters. The second-order valence-electron chi connectivity index (χ2n) is 12.2. The van der Waals surface area contributed by atoms with Crippen LogP contribution < -0.4 is 0 Å². The lowest BCUT2D eigenvalue weighted by molar-refractivity contribution is -0.279. The molecule has 0 radical (unpaired) electrons.